The first kappa shape index (κ1) is 12.7. The predicted molar refractivity (Wildman–Crippen MR) is 56.7 cm³/mol. The Hall–Kier alpha value is -1.41. The molecule has 0 atom stereocenters. The first-order valence-corrected chi connectivity index (χ1v) is 6.33. The number of rotatable bonds is 4. The molecule has 0 N–H and O–H groups in total. The lowest BCUT2D eigenvalue weighted by atomic mass is 10.4. The van der Waals surface area contributed by atoms with E-state index in [9.17, 15) is 18.5 Å². The van der Waals surface area contributed by atoms with Crippen LogP contribution in [0.3, 0.4) is 0 Å². The number of aromatic nitrogens is 2. The van der Waals surface area contributed by atoms with Crippen molar-refractivity contribution in [1.82, 2.24) is 9.78 Å². The lowest BCUT2D eigenvalue weighted by molar-refractivity contribution is -0.392. The SMILES string of the molecule is C=C(C)Cn1cc(S(=O)(=O)Cl)c([N+](=O)[O-])n1. The van der Waals surface area contributed by atoms with Crippen molar-refractivity contribution in [2.24, 2.45) is 0 Å². The standard InChI is InChI=1S/C7H8ClN3O4S/c1-5(2)3-10-4-6(16(8,14)15)7(9-10)11(12)13/h4H,1,3H2,2H3. The summed E-state index contributed by atoms with van der Waals surface area (Å²) in [6, 6.07) is 0. The molecule has 0 bridgehead atoms. The lowest BCUT2D eigenvalue weighted by Crippen LogP contribution is -1.99. The van der Waals surface area contributed by atoms with Crippen molar-refractivity contribution in [3.63, 3.8) is 0 Å². The van der Waals surface area contributed by atoms with Crippen molar-refractivity contribution >= 4 is 25.6 Å². The Morgan fingerprint density at radius 3 is 2.62 bits per heavy atom. The van der Waals surface area contributed by atoms with E-state index in [1.165, 1.54) is 0 Å². The molecule has 9 heteroatoms. The average molecular weight is 266 g/mol. The highest BCUT2D eigenvalue weighted by molar-refractivity contribution is 8.13. The third kappa shape index (κ3) is 2.80. The van der Waals surface area contributed by atoms with Gasteiger partial charge in [-0.3, -0.25) is 0 Å². The maximum absolute atomic E-state index is 11.0. The van der Waals surface area contributed by atoms with Crippen molar-refractivity contribution in [2.45, 2.75) is 18.4 Å². The summed E-state index contributed by atoms with van der Waals surface area (Å²) in [7, 11) is 0.874. The second-order valence-corrected chi connectivity index (χ2v) is 5.70. The normalized spacial score (nSPS) is 11.4. The number of allylic oxidation sites excluding steroid dienone is 1. The van der Waals surface area contributed by atoms with Gasteiger partial charge in [0, 0.05) is 10.7 Å². The van der Waals surface area contributed by atoms with Gasteiger partial charge in [-0.05, 0) is 11.8 Å². The van der Waals surface area contributed by atoms with Gasteiger partial charge in [-0.25, -0.2) is 8.42 Å². The number of halogens is 1. The van der Waals surface area contributed by atoms with Gasteiger partial charge in [-0.2, -0.15) is 4.68 Å². The van der Waals surface area contributed by atoms with Gasteiger partial charge in [0.25, 0.3) is 9.05 Å². The Kier molecular flexibility index (Phi) is 3.34. The zero-order valence-electron chi connectivity index (χ0n) is 8.25. The predicted octanol–water partition coefficient (Wildman–Crippen LogP) is 1.29. The first-order valence-electron chi connectivity index (χ1n) is 4.02. The van der Waals surface area contributed by atoms with Crippen LogP contribution in [0.5, 0.6) is 0 Å². The molecule has 1 aromatic heterocycles. The number of nitro groups is 1. The number of hydrogen-bond acceptors (Lipinski definition) is 5. The zero-order chi connectivity index (χ0) is 12.5. The van der Waals surface area contributed by atoms with Gasteiger partial charge >= 0.3 is 5.82 Å². The average Bonchev–Trinajstić information content (AvgIpc) is 2.45. The molecule has 0 aliphatic carbocycles. The van der Waals surface area contributed by atoms with Crippen molar-refractivity contribution in [3.05, 3.63) is 28.5 Å². The van der Waals surface area contributed by atoms with Crippen LogP contribution in [0.25, 0.3) is 0 Å². The van der Waals surface area contributed by atoms with Gasteiger partial charge in [0.15, 0.2) is 0 Å². The molecular formula is C7H8ClN3O4S. The third-order valence-electron chi connectivity index (χ3n) is 1.58. The Balaban J connectivity index is 3.32. The molecular weight excluding hydrogens is 258 g/mol. The van der Waals surface area contributed by atoms with Crippen LogP contribution in [0.15, 0.2) is 23.2 Å². The molecule has 0 unspecified atom stereocenters. The molecule has 0 saturated heterocycles. The van der Waals surface area contributed by atoms with Gasteiger partial charge in [0.2, 0.25) is 4.90 Å². The smallest absolute Gasteiger partial charge is 0.358 e. The fraction of sp³-hybridized carbons (Fsp3) is 0.286. The van der Waals surface area contributed by atoms with Crippen LogP contribution in [0.4, 0.5) is 5.82 Å². The topological polar surface area (TPSA) is 95.1 Å². The number of nitrogens with zero attached hydrogens (tertiary/aromatic N) is 3. The van der Waals surface area contributed by atoms with E-state index in [1.807, 2.05) is 0 Å². The maximum atomic E-state index is 11.0. The summed E-state index contributed by atoms with van der Waals surface area (Å²) in [6.45, 7) is 5.45. The van der Waals surface area contributed by atoms with E-state index < -0.39 is 24.7 Å². The van der Waals surface area contributed by atoms with E-state index in [1.54, 1.807) is 6.92 Å². The van der Waals surface area contributed by atoms with Crippen LogP contribution < -0.4 is 0 Å². The van der Waals surface area contributed by atoms with E-state index >= 15 is 0 Å². The molecule has 16 heavy (non-hydrogen) atoms. The van der Waals surface area contributed by atoms with E-state index in [-0.39, 0.29) is 6.54 Å². The minimum Gasteiger partial charge on any atom is -0.358 e. The van der Waals surface area contributed by atoms with Crippen LogP contribution >= 0.6 is 10.7 Å². The summed E-state index contributed by atoms with van der Waals surface area (Å²) in [4.78, 5) is 9.04. The summed E-state index contributed by atoms with van der Waals surface area (Å²) < 4.78 is 23.2. The molecule has 0 aromatic carbocycles. The van der Waals surface area contributed by atoms with Crippen molar-refractivity contribution < 1.29 is 13.3 Å². The maximum Gasteiger partial charge on any atom is 0.410 e. The van der Waals surface area contributed by atoms with E-state index in [2.05, 4.69) is 11.7 Å². The fourth-order valence-corrected chi connectivity index (χ4v) is 1.96. The van der Waals surface area contributed by atoms with Crippen LogP contribution in [-0.2, 0) is 15.6 Å². The molecule has 0 spiro atoms. The second kappa shape index (κ2) is 4.22. The first-order chi connectivity index (χ1) is 7.21. The largest absolute Gasteiger partial charge is 0.410 e. The summed E-state index contributed by atoms with van der Waals surface area (Å²) in [6.07, 6.45) is 1.01. The highest BCUT2D eigenvalue weighted by Crippen LogP contribution is 2.25. The Labute approximate surface area is 95.9 Å². The van der Waals surface area contributed by atoms with Gasteiger partial charge in [-0.1, -0.05) is 12.2 Å². The summed E-state index contributed by atoms with van der Waals surface area (Å²) in [5.41, 5.74) is 0.677. The quantitative estimate of drug-likeness (QED) is 0.354. The Morgan fingerprint density at radius 2 is 2.31 bits per heavy atom. The minimum atomic E-state index is -4.18. The lowest BCUT2D eigenvalue weighted by Gasteiger charge is -1.92. The monoisotopic (exact) mass is 265 g/mol. The van der Waals surface area contributed by atoms with Gasteiger partial charge in [-0.15, -0.1) is 0 Å². The highest BCUT2D eigenvalue weighted by Gasteiger charge is 2.29. The summed E-state index contributed by atoms with van der Waals surface area (Å²) >= 11 is 0. The van der Waals surface area contributed by atoms with Crippen molar-refractivity contribution in [3.8, 4) is 0 Å². The Bertz CT molecular complexity index is 548. The number of hydrogen-bond donors (Lipinski definition) is 0. The van der Waals surface area contributed by atoms with Crippen molar-refractivity contribution in [1.29, 1.82) is 0 Å². The summed E-state index contributed by atoms with van der Waals surface area (Å²) in [5, 5.41) is 14.1. The Morgan fingerprint density at radius 1 is 1.75 bits per heavy atom. The molecule has 0 aliphatic heterocycles. The minimum absolute atomic E-state index is 0.188. The van der Waals surface area contributed by atoms with E-state index in [0.29, 0.717) is 5.57 Å². The molecule has 0 amide bonds. The van der Waals surface area contributed by atoms with Gasteiger partial charge < -0.3 is 10.1 Å². The molecule has 0 radical (unpaired) electrons. The molecule has 1 heterocycles. The van der Waals surface area contributed by atoms with Gasteiger partial charge in [0.1, 0.15) is 0 Å². The van der Waals surface area contributed by atoms with Crippen molar-refractivity contribution in [2.75, 3.05) is 0 Å². The van der Waals surface area contributed by atoms with Crippen LogP contribution in [0, 0.1) is 10.1 Å². The van der Waals surface area contributed by atoms with Gasteiger partial charge in [0.05, 0.1) is 17.8 Å². The fourth-order valence-electron chi connectivity index (χ4n) is 1.05. The molecule has 0 aliphatic rings. The van der Waals surface area contributed by atoms with E-state index in [4.69, 9.17) is 10.7 Å². The second-order valence-electron chi connectivity index (χ2n) is 3.17. The molecule has 0 fully saturated rings. The molecule has 1 rings (SSSR count). The molecule has 0 saturated carbocycles. The molecule has 7 nitrogen and oxygen atoms in total. The third-order valence-corrected chi connectivity index (χ3v) is 2.89. The highest BCUT2D eigenvalue weighted by atomic mass is 35.7. The van der Waals surface area contributed by atoms with Crippen LogP contribution in [-0.4, -0.2) is 23.1 Å². The molecule has 88 valence electrons. The van der Waals surface area contributed by atoms with Crippen LogP contribution in [0.2, 0.25) is 0 Å². The van der Waals surface area contributed by atoms with Crippen LogP contribution in [0.1, 0.15) is 6.92 Å². The van der Waals surface area contributed by atoms with E-state index in [0.717, 1.165) is 10.9 Å². The molecule has 1 aromatic rings. The summed E-state index contributed by atoms with van der Waals surface area (Å²) in [5.74, 6) is -0.781. The zero-order valence-corrected chi connectivity index (χ0v) is 9.82.